The van der Waals surface area contributed by atoms with Gasteiger partial charge in [-0.3, -0.25) is 0 Å². The van der Waals surface area contributed by atoms with E-state index in [9.17, 15) is 4.39 Å². The minimum atomic E-state index is -0.385. The summed E-state index contributed by atoms with van der Waals surface area (Å²) in [4.78, 5) is 0. The topological polar surface area (TPSA) is 44.5 Å². The van der Waals surface area contributed by atoms with Gasteiger partial charge in [-0.1, -0.05) is 12.1 Å². The Morgan fingerprint density at radius 2 is 2.13 bits per heavy atom. The Kier molecular flexibility index (Phi) is 5.07. The van der Waals surface area contributed by atoms with Crippen LogP contribution >= 0.6 is 0 Å². The first-order valence-corrected chi connectivity index (χ1v) is 4.85. The molecule has 0 bridgehead atoms. The van der Waals surface area contributed by atoms with Gasteiger partial charge in [0.1, 0.15) is 0 Å². The van der Waals surface area contributed by atoms with Crippen molar-refractivity contribution in [2.24, 2.45) is 0 Å². The quantitative estimate of drug-likeness (QED) is 0.580. The summed E-state index contributed by atoms with van der Waals surface area (Å²) in [5, 5.41) is 0. The number of nitrogens with two attached hydrogens (primary N) is 1. The maximum atomic E-state index is 13.3. The molecule has 0 atom stereocenters. The van der Waals surface area contributed by atoms with Gasteiger partial charge in [0.05, 0.1) is 12.3 Å². The predicted molar refractivity (Wildman–Crippen MR) is 57.0 cm³/mol. The highest BCUT2D eigenvalue weighted by atomic mass is 19.1. The molecule has 1 aromatic rings. The maximum Gasteiger partial charge on any atom is 0.151 e. The van der Waals surface area contributed by atoms with E-state index >= 15 is 0 Å². The molecular formula is C11H16FNO2. The van der Waals surface area contributed by atoms with E-state index in [0.717, 1.165) is 6.42 Å². The van der Waals surface area contributed by atoms with Crippen molar-refractivity contribution in [2.75, 3.05) is 26.1 Å². The highest BCUT2D eigenvalue weighted by molar-refractivity contribution is 5.42. The molecule has 0 aliphatic heterocycles. The molecule has 1 rings (SSSR count). The fraction of sp³-hybridized carbons (Fsp3) is 0.455. The van der Waals surface area contributed by atoms with Crippen LogP contribution < -0.4 is 5.73 Å². The van der Waals surface area contributed by atoms with E-state index in [1.165, 1.54) is 6.07 Å². The molecule has 0 fully saturated rings. The van der Waals surface area contributed by atoms with Crippen LogP contribution in [0.2, 0.25) is 0 Å². The molecule has 0 aliphatic rings. The number of halogens is 1. The summed E-state index contributed by atoms with van der Waals surface area (Å²) in [5.74, 6) is -0.385. The molecule has 0 saturated carbocycles. The van der Waals surface area contributed by atoms with E-state index in [1.54, 1.807) is 19.2 Å². The molecule has 84 valence electrons. The van der Waals surface area contributed by atoms with Crippen molar-refractivity contribution in [3.63, 3.8) is 0 Å². The third kappa shape index (κ3) is 3.85. The van der Waals surface area contributed by atoms with Crippen molar-refractivity contribution in [2.45, 2.75) is 13.0 Å². The maximum absolute atomic E-state index is 13.3. The van der Waals surface area contributed by atoms with Gasteiger partial charge >= 0.3 is 0 Å². The number of anilines is 1. The minimum Gasteiger partial charge on any atom is -0.396 e. The van der Waals surface area contributed by atoms with Gasteiger partial charge < -0.3 is 15.2 Å². The molecule has 0 amide bonds. The van der Waals surface area contributed by atoms with Crippen LogP contribution in [0.1, 0.15) is 12.0 Å². The lowest BCUT2D eigenvalue weighted by Gasteiger charge is -2.06. The third-order valence-corrected chi connectivity index (χ3v) is 2.00. The zero-order valence-corrected chi connectivity index (χ0v) is 8.83. The van der Waals surface area contributed by atoms with Gasteiger partial charge in [-0.15, -0.1) is 0 Å². The summed E-state index contributed by atoms with van der Waals surface area (Å²) in [6.07, 6.45) is 0.806. The zero-order chi connectivity index (χ0) is 11.1. The molecule has 0 spiro atoms. The van der Waals surface area contributed by atoms with Crippen LogP contribution in [-0.4, -0.2) is 20.3 Å². The van der Waals surface area contributed by atoms with Gasteiger partial charge in [-0.05, 0) is 12.5 Å². The predicted octanol–water partition coefficient (Wildman–Crippen LogP) is 1.96. The fourth-order valence-corrected chi connectivity index (χ4v) is 1.20. The fourth-order valence-electron chi connectivity index (χ4n) is 1.20. The lowest BCUT2D eigenvalue weighted by Crippen LogP contribution is -2.02. The van der Waals surface area contributed by atoms with E-state index in [0.29, 0.717) is 18.8 Å². The Morgan fingerprint density at radius 3 is 2.87 bits per heavy atom. The number of benzene rings is 1. The van der Waals surface area contributed by atoms with Crippen molar-refractivity contribution in [3.05, 3.63) is 29.6 Å². The molecule has 4 heteroatoms. The molecule has 0 radical (unpaired) electrons. The van der Waals surface area contributed by atoms with Gasteiger partial charge in [0, 0.05) is 25.9 Å². The summed E-state index contributed by atoms with van der Waals surface area (Å²) in [5.41, 5.74) is 6.08. The Balaban J connectivity index is 2.34. The lowest BCUT2D eigenvalue weighted by atomic mass is 10.2. The first kappa shape index (κ1) is 11.9. The van der Waals surface area contributed by atoms with Crippen LogP contribution in [0.3, 0.4) is 0 Å². The number of nitrogen functional groups attached to an aromatic ring is 1. The van der Waals surface area contributed by atoms with E-state index in [1.807, 2.05) is 0 Å². The van der Waals surface area contributed by atoms with Gasteiger partial charge in [0.25, 0.3) is 0 Å². The van der Waals surface area contributed by atoms with Crippen LogP contribution in [0.15, 0.2) is 18.2 Å². The van der Waals surface area contributed by atoms with Crippen LogP contribution in [0.4, 0.5) is 10.1 Å². The van der Waals surface area contributed by atoms with Crippen LogP contribution in [0.5, 0.6) is 0 Å². The Labute approximate surface area is 89.0 Å². The summed E-state index contributed by atoms with van der Waals surface area (Å²) in [6.45, 7) is 1.46. The van der Waals surface area contributed by atoms with Crippen molar-refractivity contribution < 1.29 is 13.9 Å². The smallest absolute Gasteiger partial charge is 0.151 e. The summed E-state index contributed by atoms with van der Waals surface area (Å²) in [6, 6.07) is 4.91. The van der Waals surface area contributed by atoms with Crippen LogP contribution in [0, 0.1) is 5.82 Å². The van der Waals surface area contributed by atoms with Gasteiger partial charge in [0.2, 0.25) is 0 Å². The van der Waals surface area contributed by atoms with E-state index < -0.39 is 0 Å². The van der Waals surface area contributed by atoms with Gasteiger partial charge in [0.15, 0.2) is 5.82 Å². The molecule has 0 heterocycles. The number of rotatable bonds is 6. The van der Waals surface area contributed by atoms with Crippen LogP contribution in [-0.2, 0) is 16.1 Å². The number of ether oxygens (including phenoxy) is 2. The van der Waals surface area contributed by atoms with Gasteiger partial charge in [-0.2, -0.15) is 0 Å². The summed E-state index contributed by atoms with van der Waals surface area (Å²) in [7, 11) is 1.64. The normalized spacial score (nSPS) is 10.5. The van der Waals surface area contributed by atoms with Crippen molar-refractivity contribution >= 4 is 5.69 Å². The number of hydrogen-bond acceptors (Lipinski definition) is 3. The zero-order valence-electron chi connectivity index (χ0n) is 8.83. The number of hydrogen-bond donors (Lipinski definition) is 1. The molecule has 0 unspecified atom stereocenters. The minimum absolute atomic E-state index is 0.160. The van der Waals surface area contributed by atoms with E-state index in [4.69, 9.17) is 15.2 Å². The number of methoxy groups -OCH3 is 1. The first-order valence-electron chi connectivity index (χ1n) is 4.85. The second kappa shape index (κ2) is 6.37. The third-order valence-electron chi connectivity index (χ3n) is 2.00. The Hall–Kier alpha value is -1.13. The molecular weight excluding hydrogens is 197 g/mol. The highest BCUT2D eigenvalue weighted by Crippen LogP contribution is 2.15. The molecule has 1 aromatic carbocycles. The molecule has 0 aliphatic carbocycles. The SMILES string of the molecule is COCCCOCc1cccc(N)c1F. The molecule has 15 heavy (non-hydrogen) atoms. The van der Waals surface area contributed by atoms with Crippen molar-refractivity contribution in [3.8, 4) is 0 Å². The molecule has 3 nitrogen and oxygen atoms in total. The first-order chi connectivity index (χ1) is 7.25. The van der Waals surface area contributed by atoms with E-state index in [-0.39, 0.29) is 18.1 Å². The lowest BCUT2D eigenvalue weighted by molar-refractivity contribution is 0.0913. The standard InChI is InChI=1S/C11H16FNO2/c1-14-6-3-7-15-8-9-4-2-5-10(13)11(9)12/h2,4-5H,3,6-8,13H2,1H3. The Morgan fingerprint density at radius 1 is 1.33 bits per heavy atom. The second-order valence-corrected chi connectivity index (χ2v) is 3.22. The summed E-state index contributed by atoms with van der Waals surface area (Å²) >= 11 is 0. The average molecular weight is 213 g/mol. The van der Waals surface area contributed by atoms with E-state index in [2.05, 4.69) is 0 Å². The average Bonchev–Trinajstić information content (AvgIpc) is 2.24. The summed E-state index contributed by atoms with van der Waals surface area (Å²) < 4.78 is 23.5. The van der Waals surface area contributed by atoms with Crippen LogP contribution in [0.25, 0.3) is 0 Å². The molecule has 0 saturated heterocycles. The highest BCUT2D eigenvalue weighted by Gasteiger charge is 2.04. The Bertz CT molecular complexity index is 305. The van der Waals surface area contributed by atoms with Crippen molar-refractivity contribution in [1.82, 2.24) is 0 Å². The largest absolute Gasteiger partial charge is 0.396 e. The van der Waals surface area contributed by atoms with Gasteiger partial charge in [-0.25, -0.2) is 4.39 Å². The molecule has 2 N–H and O–H groups in total. The second-order valence-electron chi connectivity index (χ2n) is 3.22. The molecule has 0 aromatic heterocycles. The monoisotopic (exact) mass is 213 g/mol. The van der Waals surface area contributed by atoms with Crippen molar-refractivity contribution in [1.29, 1.82) is 0 Å².